The predicted octanol–water partition coefficient (Wildman–Crippen LogP) is 12.7. The maximum absolute atomic E-state index is 6.26. The van der Waals surface area contributed by atoms with Crippen molar-refractivity contribution in [2.45, 2.75) is 0 Å². The number of nitrogens with zero attached hydrogens (tertiary/aromatic N) is 2. The van der Waals surface area contributed by atoms with Crippen LogP contribution in [-0.4, -0.2) is 11.5 Å². The lowest BCUT2D eigenvalue weighted by atomic mass is 9.98. The highest BCUT2D eigenvalue weighted by Crippen LogP contribution is 2.40. The first-order valence-corrected chi connectivity index (χ1v) is 17.8. The largest absolute Gasteiger partial charge is 0.456 e. The third kappa shape index (κ3) is 5.22. The van der Waals surface area contributed by atoms with Crippen molar-refractivity contribution in [2.75, 3.05) is 0 Å². The van der Waals surface area contributed by atoms with Crippen molar-refractivity contribution in [3.63, 3.8) is 0 Å². The fourth-order valence-electron chi connectivity index (χ4n) is 7.05. The average Bonchev–Trinajstić information content (AvgIpc) is 3.68. The minimum absolute atomic E-state index is 0.653. The number of hydrogen-bond donors (Lipinski definition) is 0. The molecule has 0 spiro atoms. The zero-order valence-electron chi connectivity index (χ0n) is 27.4. The van der Waals surface area contributed by atoms with Gasteiger partial charge in [0.05, 0.1) is 5.71 Å². The molecule has 4 heteroatoms. The van der Waals surface area contributed by atoms with E-state index in [1.807, 2.05) is 42.5 Å². The van der Waals surface area contributed by atoms with Crippen LogP contribution in [0.15, 0.2) is 190 Å². The molecule has 0 bridgehead atoms. The summed E-state index contributed by atoms with van der Waals surface area (Å²) in [6.07, 6.45) is 1.95. The molecule has 10 rings (SSSR count). The first-order valence-electron chi connectivity index (χ1n) is 17.0. The number of furan rings is 1. The summed E-state index contributed by atoms with van der Waals surface area (Å²) in [6.45, 7) is 0. The van der Waals surface area contributed by atoms with Gasteiger partial charge in [-0.1, -0.05) is 133 Å². The highest BCUT2D eigenvalue weighted by molar-refractivity contribution is 7.26. The Morgan fingerprint density at radius 1 is 0.451 bits per heavy atom. The zero-order chi connectivity index (χ0) is 33.7. The number of hydrogen-bond acceptors (Lipinski definition) is 4. The lowest BCUT2D eigenvalue weighted by molar-refractivity contribution is 0.669. The van der Waals surface area contributed by atoms with Crippen molar-refractivity contribution in [3.8, 4) is 22.3 Å². The summed E-state index contributed by atoms with van der Waals surface area (Å²) in [5.74, 6) is 0.653. The van der Waals surface area contributed by atoms with Gasteiger partial charge in [0.2, 0.25) is 0 Å². The van der Waals surface area contributed by atoms with Crippen LogP contribution in [0.5, 0.6) is 0 Å². The van der Waals surface area contributed by atoms with Crippen LogP contribution in [0.2, 0.25) is 0 Å². The number of fused-ring (bicyclic) bond motifs is 6. The Morgan fingerprint density at radius 3 is 1.98 bits per heavy atom. The number of amidine groups is 1. The molecule has 1 aliphatic heterocycles. The third-order valence-electron chi connectivity index (χ3n) is 9.55. The van der Waals surface area contributed by atoms with Gasteiger partial charge in [-0.2, -0.15) is 0 Å². The van der Waals surface area contributed by atoms with Gasteiger partial charge in [-0.25, -0.2) is 9.98 Å². The van der Waals surface area contributed by atoms with Gasteiger partial charge in [0.15, 0.2) is 5.84 Å². The van der Waals surface area contributed by atoms with E-state index in [9.17, 15) is 0 Å². The number of benzene rings is 7. The standard InChI is InChI=1S/C47H28N2OS/c1-3-11-30(12-4-1)32-15-9-16-33(27-32)34-21-24-38-45(29-34)51-44-20-10-18-39(46(38)44)47-48-40(31-13-5-2-6-14-31)25-26-41(49-47)35-22-23-37-36-17-7-8-19-42(36)50-43(37)28-35/h1-25,27-29H. The van der Waals surface area contributed by atoms with E-state index < -0.39 is 0 Å². The van der Waals surface area contributed by atoms with E-state index in [4.69, 9.17) is 14.4 Å². The highest BCUT2D eigenvalue weighted by atomic mass is 32.1. The van der Waals surface area contributed by atoms with Crippen LogP contribution in [0.25, 0.3) is 70.1 Å². The van der Waals surface area contributed by atoms with Gasteiger partial charge in [-0.05, 0) is 58.7 Å². The molecule has 0 saturated carbocycles. The molecule has 238 valence electrons. The molecule has 0 amide bonds. The Labute approximate surface area is 298 Å². The summed E-state index contributed by atoms with van der Waals surface area (Å²) in [6, 6.07) is 57.3. The molecule has 3 heterocycles. The molecule has 7 aromatic carbocycles. The molecule has 3 nitrogen and oxygen atoms in total. The highest BCUT2D eigenvalue weighted by Gasteiger charge is 2.18. The summed E-state index contributed by atoms with van der Waals surface area (Å²) >= 11 is 1.81. The second-order valence-corrected chi connectivity index (χ2v) is 13.8. The van der Waals surface area contributed by atoms with Crippen molar-refractivity contribution >= 4 is 70.7 Å². The van der Waals surface area contributed by atoms with Crippen molar-refractivity contribution in [1.82, 2.24) is 0 Å². The maximum atomic E-state index is 6.26. The lowest BCUT2D eigenvalue weighted by Crippen LogP contribution is -2.04. The second kappa shape index (κ2) is 12.1. The van der Waals surface area contributed by atoms with Crippen molar-refractivity contribution in [3.05, 3.63) is 192 Å². The fraction of sp³-hybridized carbons (Fsp3) is 0. The number of thiophene rings is 1. The molecule has 0 atom stereocenters. The molecular formula is C47H28N2OS. The molecule has 0 N–H and O–H groups in total. The van der Waals surface area contributed by atoms with E-state index >= 15 is 0 Å². The fourth-order valence-corrected chi connectivity index (χ4v) is 8.22. The quantitative estimate of drug-likeness (QED) is 0.168. The molecule has 0 saturated heterocycles. The Balaban J connectivity index is 1.12. The van der Waals surface area contributed by atoms with Gasteiger partial charge in [-0.15, -0.1) is 11.3 Å². The van der Waals surface area contributed by atoms with Crippen LogP contribution >= 0.6 is 11.3 Å². The Kier molecular flexibility index (Phi) is 6.95. The average molecular weight is 669 g/mol. The minimum Gasteiger partial charge on any atom is -0.456 e. The summed E-state index contributed by atoms with van der Waals surface area (Å²) in [5, 5.41) is 4.54. The van der Waals surface area contributed by atoms with E-state index in [-0.39, 0.29) is 0 Å². The second-order valence-electron chi connectivity index (χ2n) is 12.7. The van der Waals surface area contributed by atoms with Gasteiger partial charge in [0, 0.05) is 53.7 Å². The van der Waals surface area contributed by atoms with Gasteiger partial charge in [0.1, 0.15) is 16.9 Å². The SMILES string of the molecule is C1=CC(c2ccccc2)=NC(c2cccc3sc4cc(-c5cccc(-c6ccccc6)c5)ccc4c23)=NC=1c1ccc2c(c1)oc1ccccc12. The van der Waals surface area contributed by atoms with Crippen LogP contribution in [-0.2, 0) is 0 Å². The van der Waals surface area contributed by atoms with Crippen LogP contribution in [0.3, 0.4) is 0 Å². The molecular weight excluding hydrogens is 641 g/mol. The molecule has 2 aromatic heterocycles. The molecule has 0 unspecified atom stereocenters. The van der Waals surface area contributed by atoms with E-state index in [1.165, 1.54) is 37.0 Å². The number of rotatable bonds is 5. The Hall–Kier alpha value is -6.58. The summed E-state index contributed by atoms with van der Waals surface area (Å²) in [4.78, 5) is 10.5. The summed E-state index contributed by atoms with van der Waals surface area (Å²) < 4.78 is 8.68. The molecule has 9 aromatic rings. The van der Waals surface area contributed by atoms with Gasteiger partial charge >= 0.3 is 0 Å². The normalized spacial score (nSPS) is 13.1. The van der Waals surface area contributed by atoms with Crippen LogP contribution in [0, 0.1) is 0 Å². The van der Waals surface area contributed by atoms with E-state index in [0.717, 1.165) is 49.7 Å². The third-order valence-corrected chi connectivity index (χ3v) is 10.7. The van der Waals surface area contributed by atoms with Gasteiger partial charge < -0.3 is 4.42 Å². The van der Waals surface area contributed by atoms with Crippen LogP contribution < -0.4 is 0 Å². The molecule has 0 fully saturated rings. The minimum atomic E-state index is 0.653. The lowest BCUT2D eigenvalue weighted by Gasteiger charge is -2.08. The molecule has 51 heavy (non-hydrogen) atoms. The topological polar surface area (TPSA) is 37.9 Å². The maximum Gasteiger partial charge on any atom is 0.161 e. The predicted molar refractivity (Wildman–Crippen MR) is 215 cm³/mol. The molecule has 0 radical (unpaired) electrons. The first kappa shape index (κ1) is 29.3. The van der Waals surface area contributed by atoms with E-state index in [0.29, 0.717) is 11.5 Å². The van der Waals surface area contributed by atoms with Crippen molar-refractivity contribution in [1.29, 1.82) is 0 Å². The van der Waals surface area contributed by atoms with E-state index in [2.05, 4.69) is 133 Å². The van der Waals surface area contributed by atoms with Crippen molar-refractivity contribution in [2.24, 2.45) is 9.98 Å². The number of aliphatic imine (C=N–C) groups is 2. The van der Waals surface area contributed by atoms with Crippen LogP contribution in [0.4, 0.5) is 0 Å². The monoisotopic (exact) mass is 668 g/mol. The smallest absolute Gasteiger partial charge is 0.161 e. The van der Waals surface area contributed by atoms with Gasteiger partial charge in [0.25, 0.3) is 0 Å². The number of allylic oxidation sites excluding steroid dienone is 1. The Morgan fingerprint density at radius 2 is 1.12 bits per heavy atom. The van der Waals surface area contributed by atoms with Gasteiger partial charge in [-0.3, -0.25) is 0 Å². The Bertz CT molecular complexity index is 2940. The number of para-hydroxylation sites is 1. The summed E-state index contributed by atoms with van der Waals surface area (Å²) in [5.41, 5.74) is 14.5. The molecule has 1 aliphatic rings. The van der Waals surface area contributed by atoms with E-state index in [1.54, 1.807) is 11.3 Å². The van der Waals surface area contributed by atoms with Crippen LogP contribution in [0.1, 0.15) is 16.7 Å². The molecule has 0 aliphatic carbocycles. The first-order chi connectivity index (χ1) is 25.2. The summed E-state index contributed by atoms with van der Waals surface area (Å²) in [7, 11) is 0. The zero-order valence-corrected chi connectivity index (χ0v) is 28.2. The van der Waals surface area contributed by atoms with Crippen molar-refractivity contribution < 1.29 is 4.42 Å².